The van der Waals surface area contributed by atoms with Gasteiger partial charge in [0.15, 0.2) is 0 Å². The molecule has 3 fully saturated rings. The van der Waals surface area contributed by atoms with Crippen molar-refractivity contribution in [1.29, 1.82) is 0 Å². The molecule has 0 aromatic rings. The van der Waals surface area contributed by atoms with Gasteiger partial charge in [0.2, 0.25) is 5.91 Å². The number of hydrogen-bond acceptors (Lipinski definition) is 4. The molecule has 1 amide bonds. The van der Waals surface area contributed by atoms with Crippen molar-refractivity contribution in [2.75, 3.05) is 37.7 Å². The second kappa shape index (κ2) is 7.14. The number of amides is 1. The SMILES string of the molecule is O=C(NCCN1CCSCC1)C1CC2CCCCC2N1. The molecule has 1 saturated carbocycles. The van der Waals surface area contributed by atoms with Crippen molar-refractivity contribution in [3.8, 4) is 0 Å². The van der Waals surface area contributed by atoms with Crippen LogP contribution in [0.15, 0.2) is 0 Å². The second-order valence-electron chi connectivity index (χ2n) is 6.35. The lowest BCUT2D eigenvalue weighted by molar-refractivity contribution is -0.122. The van der Waals surface area contributed by atoms with Gasteiger partial charge in [-0.25, -0.2) is 0 Å². The molecule has 0 aromatic carbocycles. The van der Waals surface area contributed by atoms with Crippen molar-refractivity contribution < 1.29 is 4.79 Å². The number of nitrogens with zero attached hydrogens (tertiary/aromatic N) is 1. The molecule has 2 aliphatic heterocycles. The summed E-state index contributed by atoms with van der Waals surface area (Å²) in [6.45, 7) is 4.15. The van der Waals surface area contributed by atoms with Crippen LogP contribution >= 0.6 is 11.8 Å². The number of rotatable bonds is 4. The summed E-state index contributed by atoms with van der Waals surface area (Å²) in [5.41, 5.74) is 0. The zero-order chi connectivity index (χ0) is 13.8. The largest absolute Gasteiger partial charge is 0.353 e. The first-order valence-electron chi connectivity index (χ1n) is 8.17. The van der Waals surface area contributed by atoms with E-state index in [1.54, 1.807) is 0 Å². The van der Waals surface area contributed by atoms with Gasteiger partial charge in [-0.15, -0.1) is 0 Å². The minimum Gasteiger partial charge on any atom is -0.353 e. The highest BCUT2D eigenvalue weighted by Crippen LogP contribution is 2.33. The van der Waals surface area contributed by atoms with Crippen molar-refractivity contribution in [3.63, 3.8) is 0 Å². The van der Waals surface area contributed by atoms with Crippen molar-refractivity contribution in [3.05, 3.63) is 0 Å². The van der Waals surface area contributed by atoms with Gasteiger partial charge < -0.3 is 10.6 Å². The Labute approximate surface area is 126 Å². The molecular formula is C15H27N3OS. The standard InChI is InChI=1S/C15H27N3OS/c19-15(16-5-6-18-7-9-20-10-8-18)14-11-12-3-1-2-4-13(12)17-14/h12-14,17H,1-11H2,(H,16,19). The molecule has 2 saturated heterocycles. The monoisotopic (exact) mass is 297 g/mol. The molecule has 0 bridgehead atoms. The molecule has 0 radical (unpaired) electrons. The average molecular weight is 297 g/mol. The molecule has 0 spiro atoms. The third-order valence-electron chi connectivity index (χ3n) is 5.01. The summed E-state index contributed by atoms with van der Waals surface area (Å²) in [7, 11) is 0. The molecule has 3 unspecified atom stereocenters. The number of fused-ring (bicyclic) bond motifs is 1. The van der Waals surface area contributed by atoms with E-state index in [4.69, 9.17) is 0 Å². The Hall–Kier alpha value is -0.260. The third-order valence-corrected chi connectivity index (χ3v) is 5.95. The topological polar surface area (TPSA) is 44.4 Å². The highest BCUT2D eigenvalue weighted by atomic mass is 32.2. The van der Waals surface area contributed by atoms with Crippen LogP contribution in [-0.4, -0.2) is 60.6 Å². The van der Waals surface area contributed by atoms with E-state index >= 15 is 0 Å². The molecule has 20 heavy (non-hydrogen) atoms. The van der Waals surface area contributed by atoms with Gasteiger partial charge >= 0.3 is 0 Å². The maximum atomic E-state index is 12.2. The van der Waals surface area contributed by atoms with E-state index in [0.717, 1.165) is 25.4 Å². The van der Waals surface area contributed by atoms with Crippen LogP contribution in [0, 0.1) is 5.92 Å². The fraction of sp³-hybridized carbons (Fsp3) is 0.933. The number of carbonyl (C=O) groups is 1. The van der Waals surface area contributed by atoms with Crippen LogP contribution in [0.3, 0.4) is 0 Å². The first-order chi connectivity index (χ1) is 9.83. The van der Waals surface area contributed by atoms with E-state index in [1.807, 2.05) is 11.8 Å². The molecule has 1 aliphatic carbocycles. The van der Waals surface area contributed by atoms with Crippen molar-refractivity contribution in [2.45, 2.75) is 44.2 Å². The molecule has 3 atom stereocenters. The van der Waals surface area contributed by atoms with E-state index in [9.17, 15) is 4.79 Å². The van der Waals surface area contributed by atoms with E-state index < -0.39 is 0 Å². The number of hydrogen-bond donors (Lipinski definition) is 2. The van der Waals surface area contributed by atoms with Gasteiger partial charge in [-0.1, -0.05) is 12.8 Å². The highest BCUT2D eigenvalue weighted by molar-refractivity contribution is 7.99. The van der Waals surface area contributed by atoms with Crippen LogP contribution in [0.5, 0.6) is 0 Å². The van der Waals surface area contributed by atoms with Crippen molar-refractivity contribution in [2.24, 2.45) is 5.92 Å². The summed E-state index contributed by atoms with van der Waals surface area (Å²) in [5, 5.41) is 6.68. The third kappa shape index (κ3) is 3.68. The number of carbonyl (C=O) groups excluding carboxylic acids is 1. The van der Waals surface area contributed by atoms with E-state index in [1.165, 1.54) is 50.3 Å². The van der Waals surface area contributed by atoms with Crippen LogP contribution in [0.4, 0.5) is 0 Å². The Bertz CT molecular complexity index is 319. The van der Waals surface area contributed by atoms with Gasteiger partial charge in [0.1, 0.15) is 0 Å². The Balaban J connectivity index is 1.36. The molecule has 2 N–H and O–H groups in total. The van der Waals surface area contributed by atoms with Crippen LogP contribution in [-0.2, 0) is 4.79 Å². The predicted octanol–water partition coefficient (Wildman–Crippen LogP) is 1.07. The minimum absolute atomic E-state index is 0.0695. The zero-order valence-corrected chi connectivity index (χ0v) is 13.1. The summed E-state index contributed by atoms with van der Waals surface area (Å²) in [4.78, 5) is 14.7. The minimum atomic E-state index is 0.0695. The summed E-state index contributed by atoms with van der Waals surface area (Å²) in [5.74, 6) is 3.45. The van der Waals surface area contributed by atoms with Gasteiger partial charge in [-0.05, 0) is 25.2 Å². The summed E-state index contributed by atoms with van der Waals surface area (Å²) in [6, 6.07) is 0.679. The molecule has 3 aliphatic rings. The Morgan fingerprint density at radius 1 is 1.25 bits per heavy atom. The smallest absolute Gasteiger partial charge is 0.237 e. The summed E-state index contributed by atoms with van der Waals surface area (Å²) >= 11 is 2.03. The summed E-state index contributed by atoms with van der Waals surface area (Å²) in [6.07, 6.45) is 6.31. The Kier molecular flexibility index (Phi) is 5.24. The van der Waals surface area contributed by atoms with Gasteiger partial charge in [0.05, 0.1) is 6.04 Å². The number of nitrogens with one attached hydrogen (secondary N) is 2. The number of thioether (sulfide) groups is 1. The second-order valence-corrected chi connectivity index (χ2v) is 7.58. The van der Waals surface area contributed by atoms with E-state index in [0.29, 0.717) is 6.04 Å². The zero-order valence-electron chi connectivity index (χ0n) is 12.3. The quantitative estimate of drug-likeness (QED) is 0.815. The van der Waals surface area contributed by atoms with Crippen LogP contribution in [0.2, 0.25) is 0 Å². The lowest BCUT2D eigenvalue weighted by Crippen LogP contribution is -2.46. The van der Waals surface area contributed by atoms with Gasteiger partial charge in [-0.3, -0.25) is 9.69 Å². The molecule has 5 heteroatoms. The lowest BCUT2D eigenvalue weighted by Gasteiger charge is -2.26. The van der Waals surface area contributed by atoms with Crippen LogP contribution in [0.25, 0.3) is 0 Å². The molecule has 4 nitrogen and oxygen atoms in total. The molecule has 0 aromatic heterocycles. The molecule has 114 valence electrons. The maximum absolute atomic E-state index is 12.2. The Morgan fingerprint density at radius 3 is 2.85 bits per heavy atom. The van der Waals surface area contributed by atoms with Gasteiger partial charge in [0.25, 0.3) is 0 Å². The molecule has 3 rings (SSSR count). The fourth-order valence-corrected chi connectivity index (χ4v) is 4.79. The van der Waals surface area contributed by atoms with E-state index in [2.05, 4.69) is 15.5 Å². The van der Waals surface area contributed by atoms with Gasteiger partial charge in [-0.2, -0.15) is 11.8 Å². The van der Waals surface area contributed by atoms with Gasteiger partial charge in [0, 0.05) is 43.7 Å². The lowest BCUT2D eigenvalue weighted by atomic mass is 9.85. The predicted molar refractivity (Wildman–Crippen MR) is 84.1 cm³/mol. The molecular weight excluding hydrogens is 270 g/mol. The molecule has 2 heterocycles. The maximum Gasteiger partial charge on any atom is 0.237 e. The first-order valence-corrected chi connectivity index (χ1v) is 9.32. The average Bonchev–Trinajstić information content (AvgIpc) is 2.92. The summed E-state index contributed by atoms with van der Waals surface area (Å²) < 4.78 is 0. The fourth-order valence-electron chi connectivity index (χ4n) is 3.81. The Morgan fingerprint density at radius 2 is 2.05 bits per heavy atom. The van der Waals surface area contributed by atoms with Crippen molar-refractivity contribution >= 4 is 17.7 Å². The van der Waals surface area contributed by atoms with Crippen molar-refractivity contribution in [1.82, 2.24) is 15.5 Å². The van der Waals surface area contributed by atoms with E-state index in [-0.39, 0.29) is 11.9 Å². The van der Waals surface area contributed by atoms with Crippen LogP contribution in [0.1, 0.15) is 32.1 Å². The first kappa shape index (κ1) is 14.7. The normalized spacial score (nSPS) is 34.7. The highest BCUT2D eigenvalue weighted by Gasteiger charge is 2.37. The van der Waals surface area contributed by atoms with Crippen LogP contribution < -0.4 is 10.6 Å².